The third kappa shape index (κ3) is 3.92. The fraction of sp³-hybridized carbons (Fsp3) is 0.136. The van der Waals surface area contributed by atoms with Gasteiger partial charge in [0.2, 0.25) is 5.91 Å². The number of nitrogens with one attached hydrogen (secondary N) is 1. The predicted molar refractivity (Wildman–Crippen MR) is 113 cm³/mol. The van der Waals surface area contributed by atoms with E-state index in [1.54, 1.807) is 6.33 Å². The van der Waals surface area contributed by atoms with Crippen molar-refractivity contribution < 1.29 is 4.79 Å². The van der Waals surface area contributed by atoms with Crippen LogP contribution in [0.2, 0.25) is 0 Å². The van der Waals surface area contributed by atoms with Crippen LogP contribution in [0.1, 0.15) is 18.5 Å². The van der Waals surface area contributed by atoms with Crippen LogP contribution in [-0.2, 0) is 4.79 Å². The summed E-state index contributed by atoms with van der Waals surface area (Å²) in [5, 5.41) is 14.2. The summed E-state index contributed by atoms with van der Waals surface area (Å²) in [6.07, 6.45) is 1.66. The second kappa shape index (κ2) is 8.27. The average molecular weight is 388 g/mol. The Balaban J connectivity index is 1.42. The van der Waals surface area contributed by atoms with Gasteiger partial charge in [-0.05, 0) is 35.4 Å². The Hall–Kier alpha value is -3.12. The molecule has 3 aromatic carbocycles. The largest absolute Gasteiger partial charge is 0.349 e. The van der Waals surface area contributed by atoms with E-state index in [2.05, 4.69) is 39.8 Å². The molecule has 140 valence electrons. The molecule has 1 amide bonds. The minimum atomic E-state index is -0.0776. The first kappa shape index (κ1) is 18.3. The van der Waals surface area contributed by atoms with Crippen LogP contribution < -0.4 is 5.32 Å². The standard InChI is InChI=1S/C22H20N4OS/c1-16(19-13-7-9-17-8-5-6-12-20(17)19)24-21(27)14-28-22-25-23-15-26(22)18-10-3-2-4-11-18/h2-13,15-16H,14H2,1H3,(H,24,27)/t16-/m0/s1. The molecule has 0 aliphatic carbocycles. The van der Waals surface area contributed by atoms with E-state index in [1.165, 1.54) is 17.1 Å². The molecular formula is C22H20N4OS. The maximum absolute atomic E-state index is 12.5. The molecule has 4 aromatic rings. The van der Waals surface area contributed by atoms with E-state index in [9.17, 15) is 4.79 Å². The molecule has 0 radical (unpaired) electrons. The van der Waals surface area contributed by atoms with Gasteiger partial charge in [-0.15, -0.1) is 10.2 Å². The van der Waals surface area contributed by atoms with Crippen molar-refractivity contribution in [1.29, 1.82) is 0 Å². The molecule has 0 aliphatic heterocycles. The zero-order valence-electron chi connectivity index (χ0n) is 15.4. The molecule has 28 heavy (non-hydrogen) atoms. The zero-order chi connectivity index (χ0) is 19.3. The second-order valence-electron chi connectivity index (χ2n) is 6.47. The van der Waals surface area contributed by atoms with Crippen molar-refractivity contribution in [1.82, 2.24) is 20.1 Å². The van der Waals surface area contributed by atoms with Crippen LogP contribution >= 0.6 is 11.8 Å². The van der Waals surface area contributed by atoms with Crippen LogP contribution in [0.5, 0.6) is 0 Å². The molecule has 1 atom stereocenters. The number of carbonyl (C=O) groups excluding carboxylic acids is 1. The quantitative estimate of drug-likeness (QED) is 0.498. The first-order valence-corrected chi connectivity index (χ1v) is 10.1. The lowest BCUT2D eigenvalue weighted by Crippen LogP contribution is -2.28. The zero-order valence-corrected chi connectivity index (χ0v) is 16.3. The highest BCUT2D eigenvalue weighted by Crippen LogP contribution is 2.24. The number of benzene rings is 3. The van der Waals surface area contributed by atoms with Gasteiger partial charge in [-0.2, -0.15) is 0 Å². The highest BCUT2D eigenvalue weighted by atomic mass is 32.2. The molecule has 1 aromatic heterocycles. The van der Waals surface area contributed by atoms with Gasteiger partial charge in [0.1, 0.15) is 6.33 Å². The molecule has 0 saturated carbocycles. The molecule has 0 unspecified atom stereocenters. The van der Waals surface area contributed by atoms with Gasteiger partial charge >= 0.3 is 0 Å². The topological polar surface area (TPSA) is 59.8 Å². The monoisotopic (exact) mass is 388 g/mol. The van der Waals surface area contributed by atoms with E-state index in [0.29, 0.717) is 5.16 Å². The van der Waals surface area contributed by atoms with Crippen LogP contribution in [0.25, 0.3) is 16.5 Å². The summed E-state index contributed by atoms with van der Waals surface area (Å²) in [6, 6.07) is 24.2. The fourth-order valence-corrected chi connectivity index (χ4v) is 3.95. The molecule has 1 N–H and O–H groups in total. The van der Waals surface area contributed by atoms with Crippen molar-refractivity contribution in [3.8, 4) is 5.69 Å². The number of para-hydroxylation sites is 1. The molecule has 0 bridgehead atoms. The average Bonchev–Trinajstić information content (AvgIpc) is 3.21. The molecule has 0 spiro atoms. The molecule has 5 nitrogen and oxygen atoms in total. The molecule has 6 heteroatoms. The van der Waals surface area contributed by atoms with Gasteiger partial charge in [0.25, 0.3) is 0 Å². The molecule has 0 fully saturated rings. The number of hydrogen-bond donors (Lipinski definition) is 1. The number of rotatable bonds is 6. The highest BCUT2D eigenvalue weighted by Gasteiger charge is 2.14. The van der Waals surface area contributed by atoms with Crippen molar-refractivity contribution >= 4 is 28.4 Å². The summed E-state index contributed by atoms with van der Waals surface area (Å²) >= 11 is 1.37. The first-order valence-electron chi connectivity index (χ1n) is 9.07. The van der Waals surface area contributed by atoms with Crippen molar-refractivity contribution in [2.24, 2.45) is 0 Å². The van der Waals surface area contributed by atoms with Crippen LogP contribution in [0.4, 0.5) is 0 Å². The van der Waals surface area contributed by atoms with E-state index < -0.39 is 0 Å². The Morgan fingerprint density at radius 3 is 2.64 bits per heavy atom. The number of nitrogens with zero attached hydrogens (tertiary/aromatic N) is 3. The third-order valence-electron chi connectivity index (χ3n) is 4.55. The summed E-state index contributed by atoms with van der Waals surface area (Å²) in [5.74, 6) is 0.244. The fourth-order valence-electron chi connectivity index (χ4n) is 3.21. The van der Waals surface area contributed by atoms with Gasteiger partial charge in [-0.3, -0.25) is 9.36 Å². The third-order valence-corrected chi connectivity index (χ3v) is 5.49. The summed E-state index contributed by atoms with van der Waals surface area (Å²) < 4.78 is 1.88. The second-order valence-corrected chi connectivity index (χ2v) is 7.41. The van der Waals surface area contributed by atoms with Crippen LogP contribution in [-0.4, -0.2) is 26.4 Å². The maximum Gasteiger partial charge on any atom is 0.230 e. The Bertz CT molecular complexity index is 1090. The molecular weight excluding hydrogens is 368 g/mol. The van der Waals surface area contributed by atoms with Crippen molar-refractivity contribution in [2.75, 3.05) is 5.75 Å². The lowest BCUT2D eigenvalue weighted by Gasteiger charge is -2.16. The van der Waals surface area contributed by atoms with Gasteiger partial charge in [-0.25, -0.2) is 0 Å². The lowest BCUT2D eigenvalue weighted by molar-refractivity contribution is -0.119. The van der Waals surface area contributed by atoms with Crippen LogP contribution in [0.3, 0.4) is 0 Å². The first-order chi connectivity index (χ1) is 13.7. The van der Waals surface area contributed by atoms with Crippen molar-refractivity contribution in [3.63, 3.8) is 0 Å². The van der Waals surface area contributed by atoms with Gasteiger partial charge < -0.3 is 5.32 Å². The van der Waals surface area contributed by atoms with Crippen molar-refractivity contribution in [2.45, 2.75) is 18.1 Å². The van der Waals surface area contributed by atoms with E-state index in [1.807, 2.05) is 60.0 Å². The maximum atomic E-state index is 12.5. The number of carbonyl (C=O) groups is 1. The summed E-state index contributed by atoms with van der Waals surface area (Å²) in [7, 11) is 0. The Labute approximate surface area is 167 Å². The van der Waals surface area contributed by atoms with E-state index in [0.717, 1.165) is 16.6 Å². The number of fused-ring (bicyclic) bond motifs is 1. The summed E-state index contributed by atoms with van der Waals surface area (Å²) in [6.45, 7) is 2.01. The summed E-state index contributed by atoms with van der Waals surface area (Å²) in [4.78, 5) is 12.5. The van der Waals surface area contributed by atoms with E-state index >= 15 is 0 Å². The SMILES string of the molecule is C[C@H](NC(=O)CSc1nncn1-c1ccccc1)c1cccc2ccccc12. The van der Waals surface area contributed by atoms with Gasteiger partial charge in [0.15, 0.2) is 5.16 Å². The normalized spacial score (nSPS) is 12.0. The Kier molecular flexibility index (Phi) is 5.39. The number of amides is 1. The van der Waals surface area contributed by atoms with Gasteiger partial charge in [0.05, 0.1) is 11.8 Å². The number of aromatic nitrogens is 3. The smallest absolute Gasteiger partial charge is 0.230 e. The molecule has 0 aliphatic rings. The van der Waals surface area contributed by atoms with E-state index in [4.69, 9.17) is 0 Å². The summed E-state index contributed by atoms with van der Waals surface area (Å²) in [5.41, 5.74) is 2.09. The number of hydrogen-bond acceptors (Lipinski definition) is 4. The highest BCUT2D eigenvalue weighted by molar-refractivity contribution is 7.99. The Morgan fingerprint density at radius 2 is 1.79 bits per heavy atom. The molecule has 4 rings (SSSR count). The predicted octanol–water partition coefficient (Wildman–Crippen LogP) is 4.39. The van der Waals surface area contributed by atoms with E-state index in [-0.39, 0.29) is 17.7 Å². The minimum Gasteiger partial charge on any atom is -0.349 e. The van der Waals surface area contributed by atoms with Gasteiger partial charge in [-0.1, -0.05) is 72.4 Å². The van der Waals surface area contributed by atoms with Crippen LogP contribution in [0, 0.1) is 0 Å². The molecule has 0 saturated heterocycles. The molecule has 1 heterocycles. The minimum absolute atomic E-state index is 0.0342. The van der Waals surface area contributed by atoms with Crippen molar-refractivity contribution in [3.05, 3.63) is 84.7 Å². The number of thioether (sulfide) groups is 1. The lowest BCUT2D eigenvalue weighted by atomic mass is 10.00. The van der Waals surface area contributed by atoms with Crippen LogP contribution in [0.15, 0.2) is 84.3 Å². The Morgan fingerprint density at radius 1 is 1.04 bits per heavy atom. The van der Waals surface area contributed by atoms with Gasteiger partial charge in [0, 0.05) is 5.69 Å².